The van der Waals surface area contributed by atoms with Crippen LogP contribution in [0.1, 0.15) is 6.92 Å². The Kier molecular flexibility index (Phi) is 6.29. The predicted octanol–water partition coefficient (Wildman–Crippen LogP) is 2.05. The van der Waals surface area contributed by atoms with E-state index in [9.17, 15) is 4.79 Å². The molecule has 0 aromatic heterocycles. The average molecular weight is 156 g/mol. The van der Waals surface area contributed by atoms with Crippen molar-refractivity contribution in [2.45, 2.75) is 6.92 Å². The molecular formula is C8H12OS. The van der Waals surface area contributed by atoms with Crippen LogP contribution in [0, 0.1) is 0 Å². The van der Waals surface area contributed by atoms with E-state index in [0.29, 0.717) is 0 Å². The van der Waals surface area contributed by atoms with Crippen LogP contribution in [0.4, 0.5) is 0 Å². The first-order valence-electron chi connectivity index (χ1n) is 3.14. The van der Waals surface area contributed by atoms with Gasteiger partial charge in [-0.2, -0.15) is 11.8 Å². The number of allylic oxidation sites excluding steroid dienone is 1. The maximum atomic E-state index is 10.2. The van der Waals surface area contributed by atoms with Crippen LogP contribution < -0.4 is 0 Å². The summed E-state index contributed by atoms with van der Waals surface area (Å²) < 4.78 is 0. The molecule has 0 fully saturated rings. The summed E-state index contributed by atoms with van der Waals surface area (Å²) in [5.41, 5.74) is 0.854. The van der Waals surface area contributed by atoms with E-state index in [-0.39, 0.29) is 0 Å². The fourth-order valence-corrected chi connectivity index (χ4v) is 1.20. The Morgan fingerprint density at radius 3 is 2.80 bits per heavy atom. The van der Waals surface area contributed by atoms with Crippen LogP contribution in [0.25, 0.3) is 0 Å². The van der Waals surface area contributed by atoms with E-state index in [1.54, 1.807) is 11.8 Å². The normalized spacial score (nSPS) is 11.1. The Labute approximate surface area is 66.2 Å². The molecule has 0 aromatic carbocycles. The van der Waals surface area contributed by atoms with Gasteiger partial charge in [-0.05, 0) is 12.5 Å². The number of carbonyl (C=O) groups excluding carboxylic acids is 1. The molecule has 0 spiro atoms. The van der Waals surface area contributed by atoms with E-state index in [0.717, 1.165) is 23.4 Å². The molecule has 0 bridgehead atoms. The molecule has 0 aromatic rings. The van der Waals surface area contributed by atoms with Crippen molar-refractivity contribution in [3.63, 3.8) is 0 Å². The fourth-order valence-electron chi connectivity index (χ4n) is 0.446. The van der Waals surface area contributed by atoms with E-state index in [1.807, 2.05) is 19.1 Å². The van der Waals surface area contributed by atoms with Crippen molar-refractivity contribution in [1.82, 2.24) is 0 Å². The highest BCUT2D eigenvalue weighted by molar-refractivity contribution is 7.99. The van der Waals surface area contributed by atoms with Crippen LogP contribution in [0.3, 0.4) is 0 Å². The average Bonchev–Trinajstić information content (AvgIpc) is 1.99. The van der Waals surface area contributed by atoms with E-state index in [4.69, 9.17) is 0 Å². The van der Waals surface area contributed by atoms with Crippen LogP contribution in [0.5, 0.6) is 0 Å². The largest absolute Gasteiger partial charge is 0.298 e. The Morgan fingerprint density at radius 2 is 2.40 bits per heavy atom. The van der Waals surface area contributed by atoms with Gasteiger partial charge in [0.05, 0.1) is 0 Å². The third kappa shape index (κ3) is 4.39. The number of thioether (sulfide) groups is 1. The molecule has 0 heterocycles. The van der Waals surface area contributed by atoms with E-state index in [1.165, 1.54) is 0 Å². The summed E-state index contributed by atoms with van der Waals surface area (Å²) >= 11 is 1.69. The van der Waals surface area contributed by atoms with Crippen molar-refractivity contribution in [3.8, 4) is 0 Å². The summed E-state index contributed by atoms with van der Waals surface area (Å²) in [6.07, 6.45) is 4.57. The van der Waals surface area contributed by atoms with Crippen molar-refractivity contribution in [3.05, 3.63) is 24.3 Å². The standard InChI is InChI=1S/C8H12OS/c1-3-5-10-7-8(4-2)6-9/h3-4,6H,1,5,7H2,2H3. The molecule has 10 heavy (non-hydrogen) atoms. The first-order valence-corrected chi connectivity index (χ1v) is 4.29. The summed E-state index contributed by atoms with van der Waals surface area (Å²) in [5.74, 6) is 1.71. The molecule has 2 heteroatoms. The van der Waals surface area contributed by atoms with E-state index in [2.05, 4.69) is 6.58 Å². The van der Waals surface area contributed by atoms with E-state index < -0.39 is 0 Å². The summed E-state index contributed by atoms with van der Waals surface area (Å²) in [6.45, 7) is 5.45. The van der Waals surface area contributed by atoms with Gasteiger partial charge in [0.15, 0.2) is 0 Å². The van der Waals surface area contributed by atoms with Gasteiger partial charge in [0, 0.05) is 11.5 Å². The predicted molar refractivity (Wildman–Crippen MR) is 47.3 cm³/mol. The Balaban J connectivity index is 3.45. The molecule has 0 aliphatic heterocycles. The van der Waals surface area contributed by atoms with Gasteiger partial charge in [-0.1, -0.05) is 12.2 Å². The topological polar surface area (TPSA) is 17.1 Å². The second kappa shape index (κ2) is 6.62. The highest BCUT2D eigenvalue weighted by atomic mass is 32.2. The highest BCUT2D eigenvalue weighted by Gasteiger charge is 1.90. The Hall–Kier alpha value is -0.500. The van der Waals surface area contributed by atoms with Gasteiger partial charge in [0.25, 0.3) is 0 Å². The maximum Gasteiger partial charge on any atom is 0.146 e. The van der Waals surface area contributed by atoms with Crippen molar-refractivity contribution in [2.75, 3.05) is 11.5 Å². The molecule has 1 nitrogen and oxygen atoms in total. The number of aldehydes is 1. The molecule has 0 amide bonds. The molecule has 0 atom stereocenters. The van der Waals surface area contributed by atoms with E-state index >= 15 is 0 Å². The fraction of sp³-hybridized carbons (Fsp3) is 0.375. The van der Waals surface area contributed by atoms with Gasteiger partial charge in [-0.3, -0.25) is 4.79 Å². The number of carbonyl (C=O) groups is 1. The summed E-state index contributed by atoms with van der Waals surface area (Å²) in [5, 5.41) is 0. The third-order valence-electron chi connectivity index (χ3n) is 1.03. The van der Waals surface area contributed by atoms with Crippen molar-refractivity contribution in [1.29, 1.82) is 0 Å². The lowest BCUT2D eigenvalue weighted by Gasteiger charge is -1.94. The quantitative estimate of drug-likeness (QED) is 0.262. The molecule has 0 aliphatic rings. The smallest absolute Gasteiger partial charge is 0.146 e. The maximum absolute atomic E-state index is 10.2. The van der Waals surface area contributed by atoms with Gasteiger partial charge in [-0.25, -0.2) is 0 Å². The van der Waals surface area contributed by atoms with Crippen LogP contribution in [0.2, 0.25) is 0 Å². The van der Waals surface area contributed by atoms with Crippen molar-refractivity contribution in [2.24, 2.45) is 0 Å². The number of hydrogen-bond acceptors (Lipinski definition) is 2. The van der Waals surface area contributed by atoms with Gasteiger partial charge >= 0.3 is 0 Å². The minimum Gasteiger partial charge on any atom is -0.298 e. The number of rotatable bonds is 5. The van der Waals surface area contributed by atoms with Crippen LogP contribution in [0.15, 0.2) is 24.3 Å². The third-order valence-corrected chi connectivity index (χ3v) is 2.04. The minimum absolute atomic E-state index is 0.798. The summed E-state index contributed by atoms with van der Waals surface area (Å²) in [6, 6.07) is 0. The van der Waals surface area contributed by atoms with Crippen LogP contribution >= 0.6 is 11.8 Å². The van der Waals surface area contributed by atoms with Crippen LogP contribution in [-0.4, -0.2) is 17.8 Å². The first kappa shape index (κ1) is 9.50. The molecule has 0 unspecified atom stereocenters. The lowest BCUT2D eigenvalue weighted by molar-refractivity contribution is -0.104. The lowest BCUT2D eigenvalue weighted by atomic mass is 10.3. The Bertz CT molecular complexity index is 138. The molecule has 0 saturated heterocycles. The zero-order chi connectivity index (χ0) is 7.82. The molecule has 0 rings (SSSR count). The SMILES string of the molecule is C=CCSCC(C=O)=CC. The second-order valence-electron chi connectivity index (χ2n) is 1.79. The number of hydrogen-bond donors (Lipinski definition) is 0. The molecule has 0 saturated carbocycles. The second-order valence-corrected chi connectivity index (χ2v) is 2.82. The zero-order valence-electron chi connectivity index (χ0n) is 6.17. The highest BCUT2D eigenvalue weighted by Crippen LogP contribution is 2.05. The van der Waals surface area contributed by atoms with Crippen molar-refractivity contribution < 1.29 is 4.79 Å². The molecule has 0 radical (unpaired) electrons. The summed E-state index contributed by atoms with van der Waals surface area (Å²) in [4.78, 5) is 10.2. The molecule has 0 N–H and O–H groups in total. The Morgan fingerprint density at radius 1 is 1.70 bits per heavy atom. The summed E-state index contributed by atoms with van der Waals surface area (Å²) in [7, 11) is 0. The molecular weight excluding hydrogens is 144 g/mol. The monoisotopic (exact) mass is 156 g/mol. The van der Waals surface area contributed by atoms with Gasteiger partial charge in [0.1, 0.15) is 6.29 Å². The van der Waals surface area contributed by atoms with Gasteiger partial charge in [0.2, 0.25) is 0 Å². The molecule has 0 aliphatic carbocycles. The van der Waals surface area contributed by atoms with Gasteiger partial charge in [-0.15, -0.1) is 6.58 Å². The molecule has 56 valence electrons. The minimum atomic E-state index is 0.798. The van der Waals surface area contributed by atoms with Gasteiger partial charge < -0.3 is 0 Å². The first-order chi connectivity index (χ1) is 4.85. The zero-order valence-corrected chi connectivity index (χ0v) is 6.99. The lowest BCUT2D eigenvalue weighted by Crippen LogP contribution is -1.88. The van der Waals surface area contributed by atoms with Crippen LogP contribution in [-0.2, 0) is 4.79 Å². The van der Waals surface area contributed by atoms with Crippen molar-refractivity contribution >= 4 is 18.0 Å².